The maximum absolute atomic E-state index is 14.0. The van der Waals surface area contributed by atoms with Gasteiger partial charge in [0.15, 0.2) is 42.5 Å². The number of rotatable bonds is 6. The largest absolute Gasteiger partial charge is 0.456 e. The monoisotopic (exact) mass is 487 g/mol. The number of hydrogen-bond donors (Lipinski definition) is 1. The van der Waals surface area contributed by atoms with Crippen molar-refractivity contribution in [3.05, 3.63) is 22.5 Å². The van der Waals surface area contributed by atoms with E-state index in [9.17, 15) is 23.6 Å². The van der Waals surface area contributed by atoms with E-state index in [2.05, 4.69) is 4.98 Å². The number of anilines is 1. The normalized spacial score (nSPS) is 32.9. The zero-order valence-corrected chi connectivity index (χ0v) is 19.1. The second-order valence-electron chi connectivity index (χ2n) is 7.93. The highest BCUT2D eigenvalue weighted by Gasteiger charge is 2.54. The van der Waals surface area contributed by atoms with Crippen molar-refractivity contribution >= 4 is 23.7 Å². The lowest BCUT2D eigenvalue weighted by molar-refractivity contribution is -0.220. The molecule has 13 nitrogen and oxygen atoms in total. The molecule has 0 aromatic carbocycles. The first kappa shape index (κ1) is 25.5. The molecular formula is C20H26FN3O10. The van der Waals surface area contributed by atoms with Crippen LogP contribution in [0.25, 0.3) is 0 Å². The molecule has 0 unspecified atom stereocenters. The molecule has 3 rings (SSSR count). The molecule has 188 valence electrons. The second kappa shape index (κ2) is 10.0. The van der Waals surface area contributed by atoms with E-state index in [0.29, 0.717) is 0 Å². The van der Waals surface area contributed by atoms with Crippen molar-refractivity contribution in [2.24, 2.45) is 0 Å². The Morgan fingerprint density at radius 1 is 0.941 bits per heavy atom. The molecule has 2 saturated heterocycles. The van der Waals surface area contributed by atoms with Gasteiger partial charge in [-0.1, -0.05) is 0 Å². The maximum atomic E-state index is 14.0. The third-order valence-electron chi connectivity index (χ3n) is 5.23. The molecule has 34 heavy (non-hydrogen) atoms. The van der Waals surface area contributed by atoms with Crippen molar-refractivity contribution < 1.29 is 47.2 Å². The molecule has 0 amide bonds. The van der Waals surface area contributed by atoms with Gasteiger partial charge in [0.1, 0.15) is 6.10 Å². The zero-order valence-electron chi connectivity index (χ0n) is 19.1. The van der Waals surface area contributed by atoms with Gasteiger partial charge in [-0.2, -0.15) is 4.98 Å². The lowest BCUT2D eigenvalue weighted by atomic mass is 10.1. The average Bonchev–Trinajstić information content (AvgIpc) is 3.15. The molecule has 3 heterocycles. The Morgan fingerprint density at radius 2 is 1.47 bits per heavy atom. The average molecular weight is 487 g/mol. The third kappa shape index (κ3) is 5.34. The number of esters is 3. The molecule has 14 heteroatoms. The number of ether oxygens (including phenoxy) is 6. The fraction of sp³-hybridized carbons (Fsp3) is 0.650. The van der Waals surface area contributed by atoms with Crippen LogP contribution in [0.3, 0.4) is 0 Å². The second-order valence-corrected chi connectivity index (χ2v) is 7.93. The fourth-order valence-electron chi connectivity index (χ4n) is 3.89. The SMILES string of the molecule is CC(=O)O[C@@H]1[C@H](O[C@H]2O[C@H](C)[C@@H](OC(C)=O)[C@H]2OC(C)=O)[C@@H](C)O[C@H]1n1cc(F)c(N)nc1=O. The van der Waals surface area contributed by atoms with Gasteiger partial charge in [-0.15, -0.1) is 0 Å². The van der Waals surface area contributed by atoms with Crippen LogP contribution in [-0.2, 0) is 42.8 Å². The summed E-state index contributed by atoms with van der Waals surface area (Å²) >= 11 is 0. The van der Waals surface area contributed by atoms with Gasteiger partial charge in [0, 0.05) is 20.8 Å². The number of hydrogen-bond acceptors (Lipinski definition) is 12. The van der Waals surface area contributed by atoms with Crippen LogP contribution < -0.4 is 11.4 Å². The minimum absolute atomic E-state index is 0.599. The molecule has 0 radical (unpaired) electrons. The Balaban J connectivity index is 1.92. The summed E-state index contributed by atoms with van der Waals surface area (Å²) in [6, 6.07) is 0. The summed E-state index contributed by atoms with van der Waals surface area (Å²) in [6.07, 6.45) is -7.71. The Bertz CT molecular complexity index is 1020. The molecular weight excluding hydrogens is 461 g/mol. The number of aromatic nitrogens is 2. The molecule has 2 N–H and O–H groups in total. The predicted molar refractivity (Wildman–Crippen MR) is 108 cm³/mol. The Kier molecular flexibility index (Phi) is 7.53. The van der Waals surface area contributed by atoms with Crippen LogP contribution in [0.5, 0.6) is 0 Å². The van der Waals surface area contributed by atoms with Gasteiger partial charge in [-0.3, -0.25) is 19.0 Å². The third-order valence-corrected chi connectivity index (χ3v) is 5.23. The molecule has 2 aliphatic rings. The van der Waals surface area contributed by atoms with Crippen LogP contribution in [0.4, 0.5) is 10.2 Å². The highest BCUT2D eigenvalue weighted by molar-refractivity contribution is 5.67. The van der Waals surface area contributed by atoms with E-state index in [0.717, 1.165) is 17.7 Å². The number of halogens is 1. The van der Waals surface area contributed by atoms with E-state index >= 15 is 0 Å². The lowest BCUT2D eigenvalue weighted by Gasteiger charge is -2.28. The number of carbonyl (C=O) groups excluding carboxylic acids is 3. The molecule has 2 aliphatic heterocycles. The van der Waals surface area contributed by atoms with Crippen LogP contribution in [0.1, 0.15) is 40.8 Å². The smallest absolute Gasteiger partial charge is 0.351 e. The van der Waals surface area contributed by atoms with Gasteiger partial charge in [-0.05, 0) is 13.8 Å². The maximum Gasteiger partial charge on any atom is 0.351 e. The first-order valence-electron chi connectivity index (χ1n) is 10.4. The van der Waals surface area contributed by atoms with E-state index in [1.54, 1.807) is 13.8 Å². The Hall–Kier alpha value is -3.10. The summed E-state index contributed by atoms with van der Waals surface area (Å²) in [7, 11) is 0. The fourth-order valence-corrected chi connectivity index (χ4v) is 3.89. The summed E-state index contributed by atoms with van der Waals surface area (Å²) in [5.41, 5.74) is 4.40. The van der Waals surface area contributed by atoms with E-state index in [1.807, 2.05) is 0 Å². The summed E-state index contributed by atoms with van der Waals surface area (Å²) in [5, 5.41) is 0. The van der Waals surface area contributed by atoms with Crippen LogP contribution in [-0.4, -0.2) is 70.4 Å². The predicted octanol–water partition coefficient (Wildman–Crippen LogP) is -0.193. The summed E-state index contributed by atoms with van der Waals surface area (Å²) in [5.74, 6) is -3.60. The quantitative estimate of drug-likeness (QED) is 0.415. The standard InChI is InChI=1S/C20H26FN3O10/c1-7-13(34-19-16(33-11(5)27)14(8(2)30-19)31-9(3)25)15(32-10(4)26)18(29-7)24-6-12(21)17(22)23-20(24)28/h6-8,13-16,18-19H,1-5H3,(H2,22,23,28)/t7-,8-,13-,14-,15-,16-,18-,19-/m1/s1. The van der Waals surface area contributed by atoms with Gasteiger partial charge in [0.05, 0.1) is 18.4 Å². The summed E-state index contributed by atoms with van der Waals surface area (Å²) in [4.78, 5) is 50.7. The minimum atomic E-state index is -1.31. The molecule has 1 aromatic heterocycles. The summed E-state index contributed by atoms with van der Waals surface area (Å²) < 4.78 is 48.2. The minimum Gasteiger partial charge on any atom is -0.456 e. The highest BCUT2D eigenvalue weighted by atomic mass is 19.1. The molecule has 8 atom stereocenters. The van der Waals surface area contributed by atoms with Crippen molar-refractivity contribution in [1.82, 2.24) is 9.55 Å². The van der Waals surface area contributed by atoms with Gasteiger partial charge >= 0.3 is 23.6 Å². The van der Waals surface area contributed by atoms with E-state index in [1.165, 1.54) is 13.8 Å². The van der Waals surface area contributed by atoms with Gasteiger partial charge in [-0.25, -0.2) is 9.18 Å². The first-order valence-corrected chi connectivity index (χ1v) is 10.4. The van der Waals surface area contributed by atoms with Crippen molar-refractivity contribution in [3.63, 3.8) is 0 Å². The van der Waals surface area contributed by atoms with E-state index in [4.69, 9.17) is 34.2 Å². The molecule has 0 spiro atoms. The van der Waals surface area contributed by atoms with E-state index < -0.39 is 84.4 Å². The molecule has 0 aliphatic carbocycles. The van der Waals surface area contributed by atoms with Crippen molar-refractivity contribution in [1.29, 1.82) is 0 Å². The lowest BCUT2D eigenvalue weighted by Crippen LogP contribution is -2.45. The topological polar surface area (TPSA) is 168 Å². The molecule has 2 fully saturated rings. The number of nitrogens with two attached hydrogens (primary N) is 1. The van der Waals surface area contributed by atoms with Gasteiger partial charge < -0.3 is 34.2 Å². The van der Waals surface area contributed by atoms with Crippen LogP contribution in [0, 0.1) is 5.82 Å². The molecule has 1 aromatic rings. The molecule has 0 saturated carbocycles. The summed E-state index contributed by atoms with van der Waals surface area (Å²) in [6.45, 7) is 6.65. The van der Waals surface area contributed by atoms with Gasteiger partial charge in [0.25, 0.3) is 0 Å². The highest BCUT2D eigenvalue weighted by Crippen LogP contribution is 2.37. The van der Waals surface area contributed by atoms with Crippen LogP contribution >= 0.6 is 0 Å². The Labute approximate surface area is 193 Å². The zero-order chi connectivity index (χ0) is 25.3. The van der Waals surface area contributed by atoms with Crippen LogP contribution in [0.2, 0.25) is 0 Å². The number of nitrogen functional groups attached to an aromatic ring is 1. The van der Waals surface area contributed by atoms with Crippen molar-refractivity contribution in [2.75, 3.05) is 5.73 Å². The van der Waals surface area contributed by atoms with Crippen molar-refractivity contribution in [3.8, 4) is 0 Å². The Morgan fingerprint density at radius 3 is 2.06 bits per heavy atom. The number of carbonyl (C=O) groups is 3. The van der Waals surface area contributed by atoms with Gasteiger partial charge in [0.2, 0.25) is 0 Å². The first-order chi connectivity index (χ1) is 15.9. The number of nitrogens with zero attached hydrogens (tertiary/aromatic N) is 2. The van der Waals surface area contributed by atoms with Crippen LogP contribution in [0.15, 0.2) is 11.0 Å². The van der Waals surface area contributed by atoms with Crippen molar-refractivity contribution in [2.45, 2.75) is 83.8 Å². The van der Waals surface area contributed by atoms with E-state index in [-0.39, 0.29) is 0 Å². The molecule has 0 bridgehead atoms.